The third kappa shape index (κ3) is 5.65. The summed E-state index contributed by atoms with van der Waals surface area (Å²) in [4.78, 5) is 33.8. The van der Waals surface area contributed by atoms with Crippen molar-refractivity contribution in [3.05, 3.63) is 144 Å². The van der Waals surface area contributed by atoms with E-state index in [1.165, 1.54) is 4.90 Å². The first-order valence-corrected chi connectivity index (χ1v) is 14.0. The largest absolute Gasteiger partial charge is 0.497 e. The van der Waals surface area contributed by atoms with E-state index in [-0.39, 0.29) is 6.61 Å². The number of hydrogen-bond acceptors (Lipinski definition) is 7. The molecule has 0 spiro atoms. The number of amides is 1. The smallest absolute Gasteiger partial charge is 0.411 e. The maximum Gasteiger partial charge on any atom is 0.411 e. The predicted molar refractivity (Wildman–Crippen MR) is 160 cm³/mol. The number of carbonyl (C=O) groups is 2. The molecule has 0 unspecified atom stereocenters. The van der Waals surface area contributed by atoms with Crippen LogP contribution in [-0.2, 0) is 20.9 Å². The van der Waals surface area contributed by atoms with E-state index in [1.807, 2.05) is 91.0 Å². The van der Waals surface area contributed by atoms with Crippen molar-refractivity contribution < 1.29 is 28.9 Å². The minimum Gasteiger partial charge on any atom is -0.497 e. The summed E-state index contributed by atoms with van der Waals surface area (Å²) in [7, 11) is 1.55. The molecule has 1 aliphatic heterocycles. The lowest BCUT2D eigenvalue weighted by Crippen LogP contribution is -2.56. The Kier molecular flexibility index (Phi) is 8.02. The van der Waals surface area contributed by atoms with E-state index >= 15 is 0 Å². The monoisotopic (exact) mass is 574 g/mol. The van der Waals surface area contributed by atoms with Crippen LogP contribution in [0.4, 0.5) is 4.79 Å². The molecular formula is C35H30N2O6. The number of morpholine rings is 1. The van der Waals surface area contributed by atoms with Gasteiger partial charge in [-0.15, -0.1) is 0 Å². The number of cyclic esters (lactones) is 1. The van der Waals surface area contributed by atoms with Gasteiger partial charge < -0.3 is 19.3 Å². The number of esters is 1. The summed E-state index contributed by atoms with van der Waals surface area (Å²) >= 11 is 0. The van der Waals surface area contributed by atoms with E-state index in [9.17, 15) is 14.7 Å². The molecule has 0 aliphatic carbocycles. The molecule has 8 heteroatoms. The minimum absolute atomic E-state index is 0.0130. The quantitative estimate of drug-likeness (QED) is 0.227. The van der Waals surface area contributed by atoms with Gasteiger partial charge in [-0.2, -0.15) is 0 Å². The van der Waals surface area contributed by atoms with Gasteiger partial charge in [-0.25, -0.2) is 9.59 Å². The first-order valence-electron chi connectivity index (χ1n) is 14.0. The lowest BCUT2D eigenvalue weighted by Gasteiger charge is -2.46. The highest BCUT2D eigenvalue weighted by molar-refractivity contribution is 5.88. The molecule has 4 atom stereocenters. The third-order valence-corrected chi connectivity index (χ3v) is 7.66. The molecule has 1 N–H and O–H groups in total. The molecule has 216 valence electrons. The minimum atomic E-state index is -1.47. The van der Waals surface area contributed by atoms with Gasteiger partial charge in [0, 0.05) is 11.6 Å². The fourth-order valence-electron chi connectivity index (χ4n) is 5.57. The summed E-state index contributed by atoms with van der Waals surface area (Å²) in [6.45, 7) is -0.0130. The van der Waals surface area contributed by atoms with Gasteiger partial charge in [0.25, 0.3) is 0 Å². The Morgan fingerprint density at radius 1 is 0.907 bits per heavy atom. The number of aliphatic hydroxyl groups excluding tert-OH is 1. The van der Waals surface area contributed by atoms with Crippen LogP contribution < -0.4 is 4.74 Å². The average Bonchev–Trinajstić information content (AvgIpc) is 3.07. The van der Waals surface area contributed by atoms with Gasteiger partial charge in [-0.05, 0) is 46.5 Å². The summed E-state index contributed by atoms with van der Waals surface area (Å²) in [6.07, 6.45) is -1.52. The van der Waals surface area contributed by atoms with E-state index in [0.29, 0.717) is 27.8 Å². The second-order valence-corrected chi connectivity index (χ2v) is 10.2. The highest BCUT2D eigenvalue weighted by Crippen LogP contribution is 2.45. The molecule has 43 heavy (non-hydrogen) atoms. The summed E-state index contributed by atoms with van der Waals surface area (Å²) in [5.41, 5.74) is 3.21. The van der Waals surface area contributed by atoms with Gasteiger partial charge in [-0.3, -0.25) is 9.88 Å². The van der Waals surface area contributed by atoms with Crippen LogP contribution in [0.1, 0.15) is 40.5 Å². The number of aromatic nitrogens is 1. The predicted octanol–water partition coefficient (Wildman–Crippen LogP) is 6.32. The van der Waals surface area contributed by atoms with E-state index in [2.05, 4.69) is 4.98 Å². The number of hydrogen-bond donors (Lipinski definition) is 1. The maximum atomic E-state index is 14.1. The van der Waals surface area contributed by atoms with Gasteiger partial charge in [0.15, 0.2) is 12.1 Å². The van der Waals surface area contributed by atoms with Crippen LogP contribution in [0.15, 0.2) is 121 Å². The van der Waals surface area contributed by atoms with Crippen LogP contribution in [-0.4, -0.2) is 40.2 Å². The van der Waals surface area contributed by atoms with Gasteiger partial charge in [0.2, 0.25) is 0 Å². The molecule has 1 saturated heterocycles. The van der Waals surface area contributed by atoms with E-state index in [4.69, 9.17) is 14.2 Å². The molecular weight excluding hydrogens is 544 g/mol. The normalized spacial score (nSPS) is 19.0. The number of pyridine rings is 1. The second-order valence-electron chi connectivity index (χ2n) is 10.2. The van der Waals surface area contributed by atoms with Crippen molar-refractivity contribution in [2.24, 2.45) is 0 Å². The van der Waals surface area contributed by atoms with Crippen molar-refractivity contribution in [3.8, 4) is 5.75 Å². The van der Waals surface area contributed by atoms with Crippen molar-refractivity contribution in [3.63, 3.8) is 0 Å². The third-order valence-electron chi connectivity index (χ3n) is 7.66. The fourth-order valence-corrected chi connectivity index (χ4v) is 5.57. The van der Waals surface area contributed by atoms with Gasteiger partial charge >= 0.3 is 12.1 Å². The number of carbonyl (C=O) groups excluding carboxylic acids is 2. The van der Waals surface area contributed by atoms with Crippen LogP contribution in [0, 0.1) is 0 Å². The summed E-state index contributed by atoms with van der Waals surface area (Å²) < 4.78 is 17.3. The molecule has 8 nitrogen and oxygen atoms in total. The molecule has 0 radical (unpaired) electrons. The number of fused-ring (bicyclic) bond motifs is 1. The number of ether oxygens (including phenoxy) is 3. The molecule has 1 aromatic heterocycles. The van der Waals surface area contributed by atoms with Crippen molar-refractivity contribution >= 4 is 23.0 Å². The molecule has 1 fully saturated rings. The molecule has 6 rings (SSSR count). The zero-order valence-corrected chi connectivity index (χ0v) is 23.4. The first kappa shape index (κ1) is 27.9. The Bertz CT molecular complexity index is 1710. The Morgan fingerprint density at radius 3 is 2.23 bits per heavy atom. The van der Waals surface area contributed by atoms with E-state index in [0.717, 1.165) is 11.1 Å². The van der Waals surface area contributed by atoms with Crippen LogP contribution in [0.3, 0.4) is 0 Å². The molecule has 1 amide bonds. The van der Waals surface area contributed by atoms with Crippen molar-refractivity contribution in [2.45, 2.75) is 30.9 Å². The number of rotatable bonds is 7. The van der Waals surface area contributed by atoms with Crippen LogP contribution >= 0.6 is 0 Å². The summed E-state index contributed by atoms with van der Waals surface area (Å²) in [5.74, 6) is -0.191. The van der Waals surface area contributed by atoms with E-state index < -0.39 is 36.4 Å². The SMILES string of the molecule is COc1ccc2nccc([C@@H](O)[C@@H]3C(=O)O[C@@H](c4ccccc4)[C@@H](c4ccccc4)N3C(=O)OCc3ccccc3)c2c1. The van der Waals surface area contributed by atoms with Gasteiger partial charge in [0.05, 0.1) is 12.6 Å². The van der Waals surface area contributed by atoms with Gasteiger partial charge in [-0.1, -0.05) is 91.0 Å². The standard InChI is InChI=1S/C35H30N2O6/c1-41-26-17-18-29-28(21-26)27(19-20-36-29)32(38)31-34(39)43-33(25-15-9-4-10-16-25)30(24-13-7-3-8-14-24)37(31)35(40)42-22-23-11-5-2-6-12-23/h2-21,30-33,38H,22H2,1H3/t30-,31-,32-,33+/m1/s1. The summed E-state index contributed by atoms with van der Waals surface area (Å²) in [6, 6.07) is 32.6. The summed E-state index contributed by atoms with van der Waals surface area (Å²) in [5, 5.41) is 12.6. The number of methoxy groups -OCH3 is 1. The topological polar surface area (TPSA) is 98.2 Å². The molecule has 0 bridgehead atoms. The molecule has 1 aliphatic rings. The number of benzene rings is 4. The Morgan fingerprint density at radius 2 is 1.56 bits per heavy atom. The van der Waals surface area contributed by atoms with Crippen molar-refractivity contribution in [1.82, 2.24) is 9.88 Å². The fraction of sp³-hybridized carbons (Fsp3) is 0.171. The van der Waals surface area contributed by atoms with Gasteiger partial charge in [0.1, 0.15) is 24.5 Å². The van der Waals surface area contributed by atoms with Crippen LogP contribution in [0.2, 0.25) is 0 Å². The molecule has 5 aromatic rings. The zero-order chi connectivity index (χ0) is 29.8. The van der Waals surface area contributed by atoms with Crippen molar-refractivity contribution in [2.75, 3.05) is 7.11 Å². The second kappa shape index (κ2) is 12.3. The number of nitrogens with zero attached hydrogens (tertiary/aromatic N) is 2. The molecule has 2 heterocycles. The highest BCUT2D eigenvalue weighted by Gasteiger charge is 2.51. The maximum absolute atomic E-state index is 14.1. The Labute approximate surface area is 249 Å². The highest BCUT2D eigenvalue weighted by atomic mass is 16.6. The lowest BCUT2D eigenvalue weighted by molar-refractivity contribution is -0.180. The average molecular weight is 575 g/mol. The molecule has 0 saturated carbocycles. The Balaban J connectivity index is 1.48. The van der Waals surface area contributed by atoms with Crippen LogP contribution in [0.5, 0.6) is 5.75 Å². The number of aliphatic hydroxyl groups is 1. The van der Waals surface area contributed by atoms with Crippen LogP contribution in [0.25, 0.3) is 10.9 Å². The zero-order valence-electron chi connectivity index (χ0n) is 23.4. The van der Waals surface area contributed by atoms with Crippen molar-refractivity contribution in [1.29, 1.82) is 0 Å². The Hall–Kier alpha value is -5.21. The molecule has 4 aromatic carbocycles. The lowest BCUT2D eigenvalue weighted by atomic mass is 9.88. The first-order chi connectivity index (χ1) is 21.0. The van der Waals surface area contributed by atoms with E-state index in [1.54, 1.807) is 37.6 Å².